The molecule has 3 aliphatic rings. The van der Waals surface area contributed by atoms with Gasteiger partial charge in [-0.2, -0.15) is 5.10 Å². The van der Waals surface area contributed by atoms with Crippen LogP contribution in [0.3, 0.4) is 0 Å². The molecule has 3 aromatic rings. The first-order valence-corrected chi connectivity index (χ1v) is 12.0. The van der Waals surface area contributed by atoms with Crippen molar-refractivity contribution in [1.82, 2.24) is 5.01 Å². The third-order valence-electron chi connectivity index (χ3n) is 7.57. The van der Waals surface area contributed by atoms with E-state index < -0.39 is 40.7 Å². The van der Waals surface area contributed by atoms with Crippen molar-refractivity contribution in [3.05, 3.63) is 99.1 Å². The zero-order valence-corrected chi connectivity index (χ0v) is 20.5. The van der Waals surface area contributed by atoms with Crippen LogP contribution in [0.15, 0.2) is 71.8 Å². The molecule has 2 amide bonds. The van der Waals surface area contributed by atoms with Crippen LogP contribution in [0.2, 0.25) is 0 Å². The van der Waals surface area contributed by atoms with Crippen molar-refractivity contribution in [1.29, 1.82) is 0 Å². The Labute approximate surface area is 217 Å². The highest BCUT2D eigenvalue weighted by molar-refractivity contribution is 6.25. The molecule has 10 heteroatoms. The Balaban J connectivity index is 1.47. The van der Waals surface area contributed by atoms with Crippen molar-refractivity contribution in [3.8, 4) is 5.75 Å². The highest BCUT2D eigenvalue weighted by atomic mass is 16.6. The molecule has 4 atom stereocenters. The van der Waals surface area contributed by atoms with E-state index in [1.54, 1.807) is 42.4 Å². The zero-order chi connectivity index (χ0) is 26.7. The molecule has 0 bridgehead atoms. The predicted octanol–water partition coefficient (Wildman–Crippen LogP) is 3.67. The molecular weight excluding hydrogens is 488 g/mol. The second-order valence-electron chi connectivity index (χ2n) is 9.53. The van der Waals surface area contributed by atoms with Gasteiger partial charge < -0.3 is 4.74 Å². The van der Waals surface area contributed by atoms with E-state index in [4.69, 9.17) is 4.74 Å². The molecule has 0 radical (unpaired) electrons. The summed E-state index contributed by atoms with van der Waals surface area (Å²) < 4.78 is 5.20. The van der Waals surface area contributed by atoms with Gasteiger partial charge in [-0.25, -0.2) is 4.90 Å². The number of imide groups is 1. The fourth-order valence-electron chi connectivity index (χ4n) is 5.84. The maximum atomic E-state index is 14.0. The van der Waals surface area contributed by atoms with Crippen molar-refractivity contribution in [2.75, 3.05) is 12.0 Å². The molecule has 3 aliphatic heterocycles. The van der Waals surface area contributed by atoms with Crippen LogP contribution in [0, 0.1) is 28.9 Å². The minimum atomic E-state index is -1.01. The highest BCUT2D eigenvalue weighted by Gasteiger charge is 2.65. The number of ether oxygens (including phenoxy) is 1. The van der Waals surface area contributed by atoms with Gasteiger partial charge in [0.15, 0.2) is 5.78 Å². The van der Waals surface area contributed by atoms with Crippen molar-refractivity contribution in [2.24, 2.45) is 16.9 Å². The molecule has 6 rings (SSSR count). The summed E-state index contributed by atoms with van der Waals surface area (Å²) >= 11 is 0. The number of hydrazone groups is 1. The van der Waals surface area contributed by atoms with Gasteiger partial charge in [0.05, 0.1) is 41.8 Å². The Kier molecular flexibility index (Phi) is 5.34. The van der Waals surface area contributed by atoms with Crippen LogP contribution in [0.25, 0.3) is 0 Å². The largest absolute Gasteiger partial charge is 0.497 e. The fraction of sp³-hybridized carbons (Fsp3) is 0.214. The number of methoxy groups -OCH3 is 1. The third kappa shape index (κ3) is 3.33. The van der Waals surface area contributed by atoms with Crippen LogP contribution in [0.4, 0.5) is 11.4 Å². The summed E-state index contributed by atoms with van der Waals surface area (Å²) in [5, 5.41) is 17.4. The predicted molar refractivity (Wildman–Crippen MR) is 137 cm³/mol. The normalized spacial score (nSPS) is 23.2. The fourth-order valence-corrected chi connectivity index (χ4v) is 5.84. The Morgan fingerprint density at radius 1 is 1.00 bits per heavy atom. The number of hydrogen-bond acceptors (Lipinski definition) is 8. The maximum absolute atomic E-state index is 14.0. The summed E-state index contributed by atoms with van der Waals surface area (Å²) in [5.74, 6) is -2.57. The van der Waals surface area contributed by atoms with Gasteiger partial charge in [0.25, 0.3) is 5.69 Å². The number of nitro groups is 1. The molecule has 38 heavy (non-hydrogen) atoms. The smallest absolute Gasteiger partial charge is 0.269 e. The molecule has 0 saturated carbocycles. The monoisotopic (exact) mass is 510 g/mol. The van der Waals surface area contributed by atoms with Crippen LogP contribution in [-0.4, -0.2) is 46.9 Å². The van der Waals surface area contributed by atoms with Gasteiger partial charge in [-0.1, -0.05) is 24.3 Å². The maximum Gasteiger partial charge on any atom is 0.269 e. The van der Waals surface area contributed by atoms with Gasteiger partial charge in [0.2, 0.25) is 11.8 Å². The Morgan fingerprint density at radius 3 is 2.39 bits per heavy atom. The first-order chi connectivity index (χ1) is 18.3. The van der Waals surface area contributed by atoms with Gasteiger partial charge in [0.1, 0.15) is 11.8 Å². The molecule has 0 aromatic heterocycles. The van der Waals surface area contributed by atoms with Gasteiger partial charge in [-0.05, 0) is 53.9 Å². The Bertz CT molecular complexity index is 1550. The number of Topliss-reactive ketones (excluding diaryl/α,β-unsaturated/α-hetero) is 1. The van der Waals surface area contributed by atoms with Crippen LogP contribution in [-0.2, 0) is 9.59 Å². The number of nitrogens with zero attached hydrogens (tertiary/aromatic N) is 4. The summed E-state index contributed by atoms with van der Waals surface area (Å²) in [7, 11) is 1.53. The molecule has 10 nitrogen and oxygen atoms in total. The standard InChI is InChI=1S/C28H22N4O6/c1-15-13-18(32(36)37)9-12-21(15)30-27(34)22-23(28(30)35)25(26(33)16-7-10-19(38-2)11-8-16)31-24(22)20-6-4-3-5-17(20)14-29-31/h3-14,22-25H,1-2H3/t22-,23+,24?,25-/m1/s1. The van der Waals surface area contributed by atoms with Gasteiger partial charge in [0, 0.05) is 17.7 Å². The highest BCUT2D eigenvalue weighted by Crippen LogP contribution is 2.53. The molecule has 3 heterocycles. The second kappa shape index (κ2) is 8.62. The van der Waals surface area contributed by atoms with E-state index in [1.165, 1.54) is 25.3 Å². The number of carbonyl (C=O) groups excluding carboxylic acids is 3. The lowest BCUT2D eigenvalue weighted by Crippen LogP contribution is -2.44. The summed E-state index contributed by atoms with van der Waals surface area (Å²) in [4.78, 5) is 53.7. The van der Waals surface area contributed by atoms with E-state index in [0.29, 0.717) is 16.9 Å². The average Bonchev–Trinajstić information content (AvgIpc) is 3.40. The minimum Gasteiger partial charge on any atom is -0.497 e. The van der Waals surface area contributed by atoms with Crippen molar-refractivity contribution in [2.45, 2.75) is 19.0 Å². The number of benzene rings is 3. The number of anilines is 1. The van der Waals surface area contributed by atoms with Gasteiger partial charge >= 0.3 is 0 Å². The lowest BCUT2D eigenvalue weighted by Gasteiger charge is -2.34. The number of amides is 2. The van der Waals surface area contributed by atoms with E-state index in [0.717, 1.165) is 16.0 Å². The second-order valence-corrected chi connectivity index (χ2v) is 9.53. The Hall–Kier alpha value is -4.86. The summed E-state index contributed by atoms with van der Waals surface area (Å²) in [6.07, 6.45) is 1.65. The molecular formula is C28H22N4O6. The van der Waals surface area contributed by atoms with E-state index >= 15 is 0 Å². The number of nitro benzene ring substituents is 1. The number of hydrogen-bond donors (Lipinski definition) is 0. The lowest BCUT2D eigenvalue weighted by atomic mass is 9.83. The molecule has 0 spiro atoms. The van der Waals surface area contributed by atoms with Gasteiger partial charge in [-0.15, -0.1) is 0 Å². The van der Waals surface area contributed by atoms with Crippen LogP contribution >= 0.6 is 0 Å². The number of fused-ring (bicyclic) bond motifs is 5. The van der Waals surface area contributed by atoms with E-state index in [-0.39, 0.29) is 17.2 Å². The number of carbonyl (C=O) groups is 3. The number of aryl methyl sites for hydroxylation is 1. The van der Waals surface area contributed by atoms with Crippen LogP contribution < -0.4 is 9.64 Å². The summed E-state index contributed by atoms with van der Waals surface area (Å²) in [6.45, 7) is 1.61. The zero-order valence-electron chi connectivity index (χ0n) is 20.5. The van der Waals surface area contributed by atoms with Crippen molar-refractivity contribution in [3.63, 3.8) is 0 Å². The molecule has 190 valence electrons. The van der Waals surface area contributed by atoms with Crippen molar-refractivity contribution >= 4 is 35.2 Å². The number of non-ortho nitro benzene ring substituents is 1. The van der Waals surface area contributed by atoms with Gasteiger partial charge in [-0.3, -0.25) is 29.5 Å². The SMILES string of the molecule is COc1ccc(C(=O)[C@H]2[C@H]3C(=O)N(c4ccc([N+](=O)[O-])cc4C)C(=O)[C@H]3C3c4ccccc4C=NN32)cc1. The molecule has 0 aliphatic carbocycles. The average molecular weight is 511 g/mol. The molecule has 1 unspecified atom stereocenters. The first-order valence-electron chi connectivity index (χ1n) is 12.0. The molecule has 2 fully saturated rings. The van der Waals surface area contributed by atoms with Crippen LogP contribution in [0.1, 0.15) is 33.1 Å². The van der Waals surface area contributed by atoms with Crippen molar-refractivity contribution < 1.29 is 24.0 Å². The topological polar surface area (TPSA) is 122 Å². The quantitative estimate of drug-likeness (QED) is 0.222. The van der Waals surface area contributed by atoms with Crippen LogP contribution in [0.5, 0.6) is 5.75 Å². The van der Waals surface area contributed by atoms with E-state index in [1.807, 2.05) is 24.3 Å². The summed E-state index contributed by atoms with van der Waals surface area (Å²) in [6, 6.07) is 16.4. The number of ketones is 1. The first kappa shape index (κ1) is 23.5. The number of rotatable bonds is 5. The summed E-state index contributed by atoms with van der Waals surface area (Å²) in [5.41, 5.74) is 2.54. The van der Waals surface area contributed by atoms with E-state index in [9.17, 15) is 24.5 Å². The third-order valence-corrected chi connectivity index (χ3v) is 7.57. The van der Waals surface area contributed by atoms with E-state index in [2.05, 4.69) is 5.10 Å². The Morgan fingerprint density at radius 2 is 1.71 bits per heavy atom. The molecule has 3 aromatic carbocycles. The minimum absolute atomic E-state index is 0.139. The molecule has 0 N–H and O–H groups in total. The lowest BCUT2D eigenvalue weighted by molar-refractivity contribution is -0.384. The molecule has 2 saturated heterocycles.